The number of halogens is 1. The van der Waals surface area contributed by atoms with Gasteiger partial charge in [0.05, 0.1) is 4.90 Å². The summed E-state index contributed by atoms with van der Waals surface area (Å²) in [6.07, 6.45) is 1.14. The number of amides is 1. The highest BCUT2D eigenvalue weighted by Gasteiger charge is 2.20. The summed E-state index contributed by atoms with van der Waals surface area (Å²) in [5.74, 6) is 0.132. The van der Waals surface area contributed by atoms with E-state index in [-0.39, 0.29) is 10.7 Å². The average molecular weight is 462 g/mol. The minimum atomic E-state index is -3.28. The molecule has 2 aromatic heterocycles. The van der Waals surface area contributed by atoms with Gasteiger partial charge in [0.15, 0.2) is 21.4 Å². The Hall–Kier alpha value is -2.75. The molecular weight excluding hydrogens is 446 g/mol. The van der Waals surface area contributed by atoms with E-state index in [0.29, 0.717) is 32.7 Å². The van der Waals surface area contributed by atoms with Crippen molar-refractivity contribution in [1.82, 2.24) is 9.36 Å². The smallest absolute Gasteiger partial charge is 0.293 e. The lowest BCUT2D eigenvalue weighted by Crippen LogP contribution is -2.11. The van der Waals surface area contributed by atoms with E-state index in [0.717, 1.165) is 28.7 Å². The molecule has 0 saturated carbocycles. The number of hydrogen-bond donors (Lipinski definition) is 1. The van der Waals surface area contributed by atoms with Gasteiger partial charge in [0, 0.05) is 39.3 Å². The van der Waals surface area contributed by atoms with Crippen molar-refractivity contribution in [2.75, 3.05) is 11.6 Å². The van der Waals surface area contributed by atoms with Gasteiger partial charge in [0.1, 0.15) is 5.58 Å². The van der Waals surface area contributed by atoms with Crippen molar-refractivity contribution in [3.05, 3.63) is 58.3 Å². The molecule has 2 aromatic carbocycles. The molecule has 1 amide bonds. The van der Waals surface area contributed by atoms with E-state index >= 15 is 0 Å². The molecule has 10 heteroatoms. The molecule has 7 nitrogen and oxygen atoms in total. The molecule has 154 valence electrons. The first-order chi connectivity index (χ1) is 14.1. The molecule has 1 N–H and O–H groups in total. The van der Waals surface area contributed by atoms with E-state index in [9.17, 15) is 13.2 Å². The standard InChI is InChI=1S/C20H16ClN3O4S2/c1-10-8-16-14(9-15(10)21)11(2)17(28-16)19(25)23-20-22-18(24-29-20)12-4-6-13(7-5-12)30(3,26)27/h4-9H,1-3H3,(H,22,23,24,25). The predicted octanol–water partition coefficient (Wildman–Crippen LogP) is 4.88. The van der Waals surface area contributed by atoms with Crippen molar-refractivity contribution in [2.45, 2.75) is 18.7 Å². The van der Waals surface area contributed by atoms with Crippen LogP contribution < -0.4 is 5.32 Å². The molecule has 0 saturated heterocycles. The summed E-state index contributed by atoms with van der Waals surface area (Å²) in [5.41, 5.74) is 2.78. The minimum absolute atomic E-state index is 0.181. The van der Waals surface area contributed by atoms with Gasteiger partial charge in [-0.05, 0) is 55.8 Å². The van der Waals surface area contributed by atoms with E-state index in [1.54, 1.807) is 31.2 Å². The molecule has 4 rings (SSSR count). The monoisotopic (exact) mass is 461 g/mol. The minimum Gasteiger partial charge on any atom is -0.451 e. The van der Waals surface area contributed by atoms with Crippen LogP contribution >= 0.6 is 23.1 Å². The molecule has 4 aromatic rings. The number of furan rings is 1. The lowest BCUT2D eigenvalue weighted by molar-refractivity contribution is 0.0998. The third-order valence-corrected chi connectivity index (χ3v) is 6.78. The maximum absolute atomic E-state index is 12.7. The average Bonchev–Trinajstić information content (AvgIpc) is 3.27. The predicted molar refractivity (Wildman–Crippen MR) is 117 cm³/mol. The molecule has 0 aliphatic rings. The first-order valence-corrected chi connectivity index (χ1v) is 11.8. The van der Waals surface area contributed by atoms with Crippen molar-refractivity contribution in [1.29, 1.82) is 0 Å². The highest BCUT2D eigenvalue weighted by Crippen LogP contribution is 2.31. The summed E-state index contributed by atoms with van der Waals surface area (Å²) < 4.78 is 33.1. The number of hydrogen-bond acceptors (Lipinski definition) is 7. The van der Waals surface area contributed by atoms with Gasteiger partial charge < -0.3 is 4.42 Å². The van der Waals surface area contributed by atoms with Crippen LogP contribution in [0, 0.1) is 13.8 Å². The van der Waals surface area contributed by atoms with Crippen LogP contribution in [0.15, 0.2) is 45.7 Å². The number of carbonyl (C=O) groups excluding carboxylic acids is 1. The Balaban J connectivity index is 1.57. The fraction of sp³-hybridized carbons (Fsp3) is 0.150. The number of sulfone groups is 1. The molecule has 0 fully saturated rings. The molecule has 0 radical (unpaired) electrons. The largest absolute Gasteiger partial charge is 0.451 e. The fourth-order valence-electron chi connectivity index (χ4n) is 2.95. The number of rotatable bonds is 4. The Kier molecular flexibility index (Phi) is 5.13. The highest BCUT2D eigenvalue weighted by atomic mass is 35.5. The number of carbonyl (C=O) groups is 1. The summed E-state index contributed by atoms with van der Waals surface area (Å²) in [7, 11) is -3.28. The highest BCUT2D eigenvalue weighted by molar-refractivity contribution is 7.90. The molecule has 0 aliphatic carbocycles. The summed E-state index contributed by atoms with van der Waals surface area (Å²) in [4.78, 5) is 17.2. The van der Waals surface area contributed by atoms with E-state index in [4.69, 9.17) is 16.0 Å². The number of fused-ring (bicyclic) bond motifs is 1. The van der Waals surface area contributed by atoms with Crippen LogP contribution in [0.3, 0.4) is 0 Å². The number of anilines is 1. The Labute approximate surface area is 181 Å². The van der Waals surface area contributed by atoms with E-state index in [2.05, 4.69) is 14.7 Å². The van der Waals surface area contributed by atoms with E-state index in [1.165, 1.54) is 12.1 Å². The first kappa shape index (κ1) is 20.5. The zero-order chi connectivity index (χ0) is 21.6. The van der Waals surface area contributed by atoms with Crippen molar-refractivity contribution in [2.24, 2.45) is 0 Å². The molecule has 0 spiro atoms. The molecular formula is C20H16ClN3O4S2. The third-order valence-electron chi connectivity index (χ3n) is 4.61. The third kappa shape index (κ3) is 3.83. The van der Waals surface area contributed by atoms with E-state index in [1.807, 2.05) is 6.92 Å². The Bertz CT molecular complexity index is 1390. The van der Waals surface area contributed by atoms with Crippen LogP contribution in [-0.4, -0.2) is 29.9 Å². The molecule has 0 aliphatic heterocycles. The molecule has 30 heavy (non-hydrogen) atoms. The first-order valence-electron chi connectivity index (χ1n) is 8.78. The van der Waals surface area contributed by atoms with Crippen LogP contribution in [0.1, 0.15) is 21.7 Å². The Morgan fingerprint density at radius 1 is 1.17 bits per heavy atom. The molecule has 0 unspecified atom stereocenters. The summed E-state index contributed by atoms with van der Waals surface area (Å²) in [5, 5.41) is 4.38. The molecule has 2 heterocycles. The topological polar surface area (TPSA) is 102 Å². The second-order valence-corrected chi connectivity index (χ2v) is 10.0. The van der Waals surface area contributed by atoms with Crippen LogP contribution in [-0.2, 0) is 9.84 Å². The lowest BCUT2D eigenvalue weighted by Gasteiger charge is -2.00. The van der Waals surface area contributed by atoms with Crippen LogP contribution in [0.2, 0.25) is 5.02 Å². The Morgan fingerprint density at radius 3 is 2.53 bits per heavy atom. The van der Waals surface area contributed by atoms with Crippen molar-refractivity contribution in [3.63, 3.8) is 0 Å². The zero-order valence-electron chi connectivity index (χ0n) is 16.2. The maximum Gasteiger partial charge on any atom is 0.293 e. The van der Waals surface area contributed by atoms with Crippen LogP contribution in [0.25, 0.3) is 22.4 Å². The van der Waals surface area contributed by atoms with Crippen molar-refractivity contribution in [3.8, 4) is 11.4 Å². The van der Waals surface area contributed by atoms with Crippen LogP contribution in [0.4, 0.5) is 5.13 Å². The van der Waals surface area contributed by atoms with Crippen molar-refractivity contribution < 1.29 is 17.6 Å². The van der Waals surface area contributed by atoms with Gasteiger partial charge >= 0.3 is 0 Å². The van der Waals surface area contributed by atoms with Gasteiger partial charge in [0.25, 0.3) is 5.91 Å². The lowest BCUT2D eigenvalue weighted by atomic mass is 10.1. The van der Waals surface area contributed by atoms with E-state index < -0.39 is 15.7 Å². The fourth-order valence-corrected chi connectivity index (χ4v) is 4.33. The number of benzene rings is 2. The number of aromatic nitrogens is 2. The number of nitrogens with one attached hydrogen (secondary N) is 1. The Morgan fingerprint density at radius 2 is 1.87 bits per heavy atom. The number of nitrogens with zero attached hydrogens (tertiary/aromatic N) is 2. The molecule has 0 atom stereocenters. The summed E-state index contributed by atoms with van der Waals surface area (Å²) >= 11 is 7.20. The van der Waals surface area contributed by atoms with Gasteiger partial charge in [-0.2, -0.15) is 9.36 Å². The van der Waals surface area contributed by atoms with Gasteiger partial charge in [-0.1, -0.05) is 11.6 Å². The maximum atomic E-state index is 12.7. The number of aryl methyl sites for hydroxylation is 2. The zero-order valence-corrected chi connectivity index (χ0v) is 18.6. The second kappa shape index (κ2) is 7.50. The quantitative estimate of drug-likeness (QED) is 0.464. The van der Waals surface area contributed by atoms with Gasteiger partial charge in [-0.15, -0.1) is 0 Å². The summed E-state index contributed by atoms with van der Waals surface area (Å²) in [6, 6.07) is 9.82. The normalized spacial score (nSPS) is 11.7. The van der Waals surface area contributed by atoms with Gasteiger partial charge in [-0.25, -0.2) is 8.42 Å². The van der Waals surface area contributed by atoms with Crippen LogP contribution in [0.5, 0.6) is 0 Å². The second-order valence-electron chi connectivity index (χ2n) is 6.83. The SMILES string of the molecule is Cc1cc2oc(C(=O)Nc3nc(-c4ccc(S(C)(=O)=O)cc4)ns3)c(C)c2cc1Cl. The van der Waals surface area contributed by atoms with Gasteiger partial charge in [0.2, 0.25) is 5.13 Å². The van der Waals surface area contributed by atoms with Gasteiger partial charge in [-0.3, -0.25) is 10.1 Å². The molecule has 0 bridgehead atoms. The van der Waals surface area contributed by atoms with Crippen molar-refractivity contribution >= 4 is 55.0 Å². The summed E-state index contributed by atoms with van der Waals surface area (Å²) in [6.45, 7) is 3.66.